The van der Waals surface area contributed by atoms with E-state index in [1.807, 2.05) is 48.5 Å². The Kier molecular flexibility index (Phi) is 3.29. The number of ether oxygens (including phenoxy) is 1. The summed E-state index contributed by atoms with van der Waals surface area (Å²) in [5.74, 6) is -0.186. The average Bonchev–Trinajstić information content (AvgIpc) is 2.87. The maximum Gasteiger partial charge on any atom is 0.334 e. The summed E-state index contributed by atoms with van der Waals surface area (Å²) in [4.78, 5) is 12.0. The number of fused-ring (bicyclic) bond motifs is 1. The lowest BCUT2D eigenvalue weighted by Gasteiger charge is -2.28. The minimum atomic E-state index is -1.09. The van der Waals surface area contributed by atoms with Crippen molar-refractivity contribution in [1.29, 1.82) is 0 Å². The maximum atomic E-state index is 12.0. The molecule has 0 fully saturated rings. The van der Waals surface area contributed by atoms with Crippen molar-refractivity contribution >= 4 is 11.7 Å². The molecule has 1 aliphatic carbocycles. The van der Waals surface area contributed by atoms with Gasteiger partial charge in [0.2, 0.25) is 0 Å². The van der Waals surface area contributed by atoms with E-state index in [1.54, 1.807) is 7.11 Å². The largest absolute Gasteiger partial charge is 0.497 e. The summed E-state index contributed by atoms with van der Waals surface area (Å²) in [7, 11) is 1.59. The first-order valence-corrected chi connectivity index (χ1v) is 6.90. The zero-order chi connectivity index (χ0) is 14.9. The third-order valence-electron chi connectivity index (χ3n) is 4.04. The van der Waals surface area contributed by atoms with Crippen molar-refractivity contribution in [2.24, 2.45) is 0 Å². The van der Waals surface area contributed by atoms with Gasteiger partial charge in [-0.25, -0.2) is 4.79 Å². The Labute approximate surface area is 123 Å². The number of nitrogens with one attached hydrogen (secondary N) is 1. The van der Waals surface area contributed by atoms with Crippen LogP contribution in [0.1, 0.15) is 17.5 Å². The second-order valence-corrected chi connectivity index (χ2v) is 5.22. The molecule has 0 aliphatic heterocycles. The van der Waals surface area contributed by atoms with E-state index in [9.17, 15) is 9.90 Å². The number of para-hydroxylation sites is 1. The maximum absolute atomic E-state index is 12.0. The Morgan fingerprint density at radius 2 is 2.00 bits per heavy atom. The highest BCUT2D eigenvalue weighted by Gasteiger charge is 2.46. The van der Waals surface area contributed by atoms with E-state index >= 15 is 0 Å². The molecule has 0 heterocycles. The van der Waals surface area contributed by atoms with Crippen LogP contribution in [0.25, 0.3) is 0 Å². The van der Waals surface area contributed by atoms with Gasteiger partial charge in [0.25, 0.3) is 0 Å². The van der Waals surface area contributed by atoms with Crippen LogP contribution in [0.3, 0.4) is 0 Å². The second kappa shape index (κ2) is 5.13. The molecule has 2 N–H and O–H groups in total. The minimum Gasteiger partial charge on any atom is -0.497 e. The van der Waals surface area contributed by atoms with Gasteiger partial charge < -0.3 is 15.2 Å². The Balaban J connectivity index is 2.07. The lowest BCUT2D eigenvalue weighted by molar-refractivity contribution is -0.142. The van der Waals surface area contributed by atoms with Crippen LogP contribution in [0, 0.1) is 0 Å². The number of aliphatic carboxylic acids is 1. The van der Waals surface area contributed by atoms with Gasteiger partial charge in [0.05, 0.1) is 7.11 Å². The molecule has 2 aromatic rings. The lowest BCUT2D eigenvalue weighted by Crippen LogP contribution is -2.41. The van der Waals surface area contributed by atoms with E-state index in [4.69, 9.17) is 4.74 Å². The number of rotatable bonds is 4. The van der Waals surface area contributed by atoms with Gasteiger partial charge in [0.1, 0.15) is 5.75 Å². The Bertz CT molecular complexity index is 669. The Morgan fingerprint density at radius 1 is 1.24 bits per heavy atom. The van der Waals surface area contributed by atoms with Crippen LogP contribution >= 0.6 is 0 Å². The van der Waals surface area contributed by atoms with Crippen LogP contribution in [0.2, 0.25) is 0 Å². The highest BCUT2D eigenvalue weighted by molar-refractivity contribution is 5.86. The summed E-state index contributed by atoms with van der Waals surface area (Å²) in [5.41, 5.74) is 1.56. The molecule has 0 bridgehead atoms. The molecule has 1 aliphatic rings. The van der Waals surface area contributed by atoms with E-state index < -0.39 is 11.5 Å². The summed E-state index contributed by atoms with van der Waals surface area (Å²) >= 11 is 0. The predicted molar refractivity (Wildman–Crippen MR) is 80.7 cm³/mol. The number of carboxylic acids is 1. The SMILES string of the molecule is COc1ccc2c(c1)C(Nc1ccccc1)(C(=O)O)CC2. The van der Waals surface area contributed by atoms with Crippen LogP contribution in [0.5, 0.6) is 5.75 Å². The number of hydrogen-bond donors (Lipinski definition) is 2. The fourth-order valence-electron chi connectivity index (χ4n) is 2.93. The molecule has 1 atom stereocenters. The average molecular weight is 283 g/mol. The predicted octanol–water partition coefficient (Wildman–Crippen LogP) is 3.03. The van der Waals surface area contributed by atoms with Gasteiger partial charge in [0.15, 0.2) is 5.54 Å². The monoisotopic (exact) mass is 283 g/mol. The summed E-state index contributed by atoms with van der Waals surface area (Å²) in [5, 5.41) is 13.0. The third kappa shape index (κ3) is 2.23. The number of carboxylic acid groups (broad SMARTS) is 1. The van der Waals surface area contributed by atoms with Crippen molar-refractivity contribution < 1.29 is 14.6 Å². The molecular weight excluding hydrogens is 266 g/mol. The molecule has 3 rings (SSSR count). The molecular formula is C17H17NO3. The zero-order valence-electron chi connectivity index (χ0n) is 11.8. The second-order valence-electron chi connectivity index (χ2n) is 5.22. The fraction of sp³-hybridized carbons (Fsp3) is 0.235. The van der Waals surface area contributed by atoms with E-state index in [1.165, 1.54) is 0 Å². The van der Waals surface area contributed by atoms with Crippen molar-refractivity contribution in [3.8, 4) is 5.75 Å². The number of aryl methyl sites for hydroxylation is 1. The summed E-state index contributed by atoms with van der Waals surface area (Å²) in [6, 6.07) is 15.1. The van der Waals surface area contributed by atoms with Crippen LogP contribution in [-0.2, 0) is 16.8 Å². The molecule has 0 saturated carbocycles. The van der Waals surface area contributed by atoms with Crippen molar-refractivity contribution in [3.63, 3.8) is 0 Å². The first-order chi connectivity index (χ1) is 10.2. The molecule has 1 unspecified atom stereocenters. The smallest absolute Gasteiger partial charge is 0.334 e. The third-order valence-corrected chi connectivity index (χ3v) is 4.04. The lowest BCUT2D eigenvalue weighted by atomic mass is 9.91. The van der Waals surface area contributed by atoms with Gasteiger partial charge in [-0.05, 0) is 48.2 Å². The highest BCUT2D eigenvalue weighted by atomic mass is 16.5. The van der Waals surface area contributed by atoms with Crippen LogP contribution in [-0.4, -0.2) is 18.2 Å². The topological polar surface area (TPSA) is 58.6 Å². The van der Waals surface area contributed by atoms with Gasteiger partial charge in [-0.1, -0.05) is 24.3 Å². The molecule has 108 valence electrons. The van der Waals surface area contributed by atoms with Crippen molar-refractivity contribution in [3.05, 3.63) is 59.7 Å². The standard InChI is InChI=1S/C17H17NO3/c1-21-14-8-7-12-9-10-17(16(19)20,15(12)11-14)18-13-5-3-2-4-6-13/h2-8,11,18H,9-10H2,1H3,(H,19,20). The molecule has 0 aromatic heterocycles. The highest BCUT2D eigenvalue weighted by Crippen LogP contribution is 2.41. The van der Waals surface area contributed by atoms with E-state index in [0.29, 0.717) is 12.2 Å². The van der Waals surface area contributed by atoms with E-state index in [0.717, 1.165) is 23.2 Å². The number of anilines is 1. The number of hydrogen-bond acceptors (Lipinski definition) is 3. The fourth-order valence-corrected chi connectivity index (χ4v) is 2.93. The molecule has 2 aromatic carbocycles. The normalized spacial score (nSPS) is 19.9. The van der Waals surface area contributed by atoms with Gasteiger partial charge in [-0.15, -0.1) is 0 Å². The molecule has 0 amide bonds. The van der Waals surface area contributed by atoms with Crippen LogP contribution in [0.4, 0.5) is 5.69 Å². The van der Waals surface area contributed by atoms with Crippen molar-refractivity contribution in [2.75, 3.05) is 12.4 Å². The van der Waals surface area contributed by atoms with Crippen molar-refractivity contribution in [2.45, 2.75) is 18.4 Å². The summed E-state index contributed by atoms with van der Waals surface area (Å²) in [6.45, 7) is 0. The molecule has 4 heteroatoms. The van der Waals surface area contributed by atoms with E-state index in [-0.39, 0.29) is 0 Å². The molecule has 0 saturated heterocycles. The molecule has 0 spiro atoms. The number of methoxy groups -OCH3 is 1. The Hall–Kier alpha value is -2.49. The first-order valence-electron chi connectivity index (χ1n) is 6.90. The van der Waals surface area contributed by atoms with Crippen molar-refractivity contribution in [1.82, 2.24) is 0 Å². The van der Waals surface area contributed by atoms with Crippen LogP contribution < -0.4 is 10.1 Å². The van der Waals surface area contributed by atoms with Crippen LogP contribution in [0.15, 0.2) is 48.5 Å². The van der Waals surface area contributed by atoms with Gasteiger partial charge in [0, 0.05) is 5.69 Å². The van der Waals surface area contributed by atoms with Gasteiger partial charge in [-0.3, -0.25) is 0 Å². The summed E-state index contributed by atoms with van der Waals surface area (Å²) in [6.07, 6.45) is 1.27. The molecule has 0 radical (unpaired) electrons. The zero-order valence-corrected chi connectivity index (χ0v) is 11.8. The first kappa shape index (κ1) is 13.5. The van der Waals surface area contributed by atoms with E-state index in [2.05, 4.69) is 5.32 Å². The summed E-state index contributed by atoms with van der Waals surface area (Å²) < 4.78 is 5.24. The number of benzene rings is 2. The quantitative estimate of drug-likeness (QED) is 0.905. The van der Waals surface area contributed by atoms with Gasteiger partial charge in [-0.2, -0.15) is 0 Å². The Morgan fingerprint density at radius 3 is 2.67 bits per heavy atom. The molecule has 4 nitrogen and oxygen atoms in total. The number of carbonyl (C=O) groups is 1. The molecule has 21 heavy (non-hydrogen) atoms. The minimum absolute atomic E-state index is 0.528. The van der Waals surface area contributed by atoms with Gasteiger partial charge >= 0.3 is 5.97 Å².